The third-order valence-corrected chi connectivity index (χ3v) is 1.24. The van der Waals surface area contributed by atoms with Gasteiger partial charge in [0, 0.05) is 6.07 Å². The molecule has 0 bridgehead atoms. The van der Waals surface area contributed by atoms with Crippen molar-refractivity contribution in [3.8, 4) is 0 Å². The summed E-state index contributed by atoms with van der Waals surface area (Å²) in [5.41, 5.74) is 0. The quantitative estimate of drug-likeness (QED) is 0.465. The van der Waals surface area contributed by atoms with E-state index < -0.39 is 0 Å². The minimum absolute atomic E-state index is 0.524. The van der Waals surface area contributed by atoms with Gasteiger partial charge in [-0.1, -0.05) is 23.8 Å². The third kappa shape index (κ3) is 1.77. The molecule has 0 atom stereocenters. The number of halogens is 1. The number of nitrogens with one attached hydrogen (secondary N) is 1. The topological polar surface area (TPSA) is 28.7 Å². The van der Waals surface area contributed by atoms with E-state index in [1.54, 1.807) is 6.07 Å². The summed E-state index contributed by atoms with van der Waals surface area (Å²) in [4.78, 5) is 6.71. The first-order valence-electron chi connectivity index (χ1n) is 2.42. The van der Waals surface area contributed by atoms with Crippen molar-refractivity contribution in [1.82, 2.24) is 9.97 Å². The molecule has 1 N–H and O–H groups in total. The van der Waals surface area contributed by atoms with Gasteiger partial charge in [0.05, 0.1) is 0 Å². The van der Waals surface area contributed by atoms with E-state index in [9.17, 15) is 0 Å². The molecule has 1 aromatic rings. The molecule has 0 aliphatic rings. The Morgan fingerprint density at radius 3 is 2.89 bits per heavy atom. The molecule has 0 saturated carbocycles. The summed E-state index contributed by atoms with van der Waals surface area (Å²) < 4.78 is 0.524. The van der Waals surface area contributed by atoms with E-state index in [1.165, 1.54) is 0 Å². The predicted molar refractivity (Wildman–Crippen MR) is 39.2 cm³/mol. The summed E-state index contributed by atoms with van der Waals surface area (Å²) in [6, 6.07) is 1.60. The summed E-state index contributed by atoms with van der Waals surface area (Å²) in [6.07, 6.45) is 0. The lowest BCUT2D eigenvalue weighted by molar-refractivity contribution is 1.04. The molecule has 1 heterocycles. The number of nitrogens with zero attached hydrogens (tertiary/aromatic N) is 1. The minimum atomic E-state index is 0.524. The Balaban J connectivity index is 3.33. The fourth-order valence-electron chi connectivity index (χ4n) is 0.543. The standard InChI is InChI=1S/C5H5ClN2S/c1-3-7-4(6)2-5(9)8-3/h2H,1H3,(H,7,8,9). The van der Waals surface area contributed by atoms with E-state index in [0.717, 1.165) is 5.82 Å². The Labute approximate surface area is 62.9 Å². The fourth-order valence-corrected chi connectivity index (χ4v) is 1.10. The van der Waals surface area contributed by atoms with Gasteiger partial charge in [-0.3, -0.25) is 0 Å². The van der Waals surface area contributed by atoms with Crippen molar-refractivity contribution in [3.63, 3.8) is 0 Å². The third-order valence-electron chi connectivity index (χ3n) is 0.828. The van der Waals surface area contributed by atoms with Crippen LogP contribution in [0, 0.1) is 11.6 Å². The maximum absolute atomic E-state index is 5.59. The zero-order chi connectivity index (χ0) is 6.85. The van der Waals surface area contributed by atoms with Crippen molar-refractivity contribution in [2.45, 2.75) is 6.92 Å². The van der Waals surface area contributed by atoms with Gasteiger partial charge < -0.3 is 4.98 Å². The van der Waals surface area contributed by atoms with E-state index in [-0.39, 0.29) is 0 Å². The first-order valence-corrected chi connectivity index (χ1v) is 3.20. The van der Waals surface area contributed by atoms with E-state index in [2.05, 4.69) is 9.97 Å². The van der Waals surface area contributed by atoms with Gasteiger partial charge in [0.1, 0.15) is 15.6 Å². The molecule has 1 aromatic heterocycles. The highest BCUT2D eigenvalue weighted by molar-refractivity contribution is 7.71. The van der Waals surface area contributed by atoms with Crippen LogP contribution in [0.15, 0.2) is 6.07 Å². The molecule has 0 aliphatic heterocycles. The molecular weight excluding hydrogens is 156 g/mol. The molecule has 0 aliphatic carbocycles. The molecule has 0 unspecified atom stereocenters. The van der Waals surface area contributed by atoms with Crippen LogP contribution in [-0.2, 0) is 0 Å². The minimum Gasteiger partial charge on any atom is -0.334 e. The number of rotatable bonds is 0. The highest BCUT2D eigenvalue weighted by Gasteiger charge is 1.87. The second-order valence-electron chi connectivity index (χ2n) is 1.65. The van der Waals surface area contributed by atoms with Gasteiger partial charge in [-0.15, -0.1) is 0 Å². The molecule has 2 nitrogen and oxygen atoms in total. The number of aryl methyl sites for hydroxylation is 1. The summed E-state index contributed by atoms with van der Waals surface area (Å²) in [5.74, 6) is 0.743. The Kier molecular flexibility index (Phi) is 1.83. The number of hydrogen-bond acceptors (Lipinski definition) is 2. The van der Waals surface area contributed by atoms with Gasteiger partial charge in [0.2, 0.25) is 0 Å². The first kappa shape index (κ1) is 6.71. The number of hydrogen-bond donors (Lipinski definition) is 1. The zero-order valence-electron chi connectivity index (χ0n) is 4.81. The van der Waals surface area contributed by atoms with Crippen LogP contribution in [0.2, 0.25) is 5.15 Å². The van der Waals surface area contributed by atoms with Gasteiger partial charge in [-0.25, -0.2) is 4.98 Å². The van der Waals surface area contributed by atoms with E-state index in [4.69, 9.17) is 23.8 Å². The van der Waals surface area contributed by atoms with Gasteiger partial charge in [0.15, 0.2) is 0 Å². The van der Waals surface area contributed by atoms with Crippen LogP contribution in [0.1, 0.15) is 5.82 Å². The Hall–Kier alpha value is -0.410. The van der Waals surface area contributed by atoms with Crippen LogP contribution >= 0.6 is 23.8 Å². The number of aromatic nitrogens is 2. The molecule has 48 valence electrons. The highest BCUT2D eigenvalue weighted by atomic mass is 35.5. The Morgan fingerprint density at radius 2 is 2.44 bits per heavy atom. The second kappa shape index (κ2) is 2.45. The predicted octanol–water partition coefficient (Wildman–Crippen LogP) is 2.10. The lowest BCUT2D eigenvalue weighted by Crippen LogP contribution is -1.85. The van der Waals surface area contributed by atoms with Gasteiger partial charge in [-0.05, 0) is 6.92 Å². The lowest BCUT2D eigenvalue weighted by atomic mass is 10.6. The van der Waals surface area contributed by atoms with Crippen LogP contribution in [0.25, 0.3) is 0 Å². The van der Waals surface area contributed by atoms with Crippen LogP contribution in [0.4, 0.5) is 0 Å². The van der Waals surface area contributed by atoms with Crippen LogP contribution in [0.3, 0.4) is 0 Å². The van der Waals surface area contributed by atoms with Crippen LogP contribution < -0.4 is 0 Å². The molecule has 0 saturated heterocycles. The van der Waals surface area contributed by atoms with Crippen molar-refractivity contribution < 1.29 is 0 Å². The molecule has 9 heavy (non-hydrogen) atoms. The molecule has 0 amide bonds. The molecule has 0 radical (unpaired) electrons. The average Bonchev–Trinajstić information content (AvgIpc) is 1.59. The maximum atomic E-state index is 5.59. The Bertz CT molecular complexity index is 245. The summed E-state index contributed by atoms with van der Waals surface area (Å²) in [5, 5.41) is 0.535. The zero-order valence-corrected chi connectivity index (χ0v) is 6.38. The van der Waals surface area contributed by atoms with E-state index in [0.29, 0.717) is 9.79 Å². The largest absolute Gasteiger partial charge is 0.334 e. The molecular formula is C5H5ClN2S. The molecule has 4 heteroatoms. The van der Waals surface area contributed by atoms with E-state index in [1.807, 2.05) is 6.92 Å². The molecule has 1 rings (SSSR count). The maximum Gasteiger partial charge on any atom is 0.131 e. The first-order chi connectivity index (χ1) is 4.18. The molecule has 0 spiro atoms. The van der Waals surface area contributed by atoms with E-state index >= 15 is 0 Å². The number of aromatic amines is 1. The average molecular weight is 161 g/mol. The lowest BCUT2D eigenvalue weighted by Gasteiger charge is -1.91. The number of H-pyrrole nitrogens is 1. The van der Waals surface area contributed by atoms with Crippen molar-refractivity contribution in [3.05, 3.63) is 21.7 Å². The summed E-state index contributed by atoms with van der Waals surface area (Å²) in [7, 11) is 0. The SMILES string of the molecule is Cc1nc(=S)cc(Cl)[nH]1. The fraction of sp³-hybridized carbons (Fsp3) is 0.200. The van der Waals surface area contributed by atoms with Gasteiger partial charge >= 0.3 is 0 Å². The van der Waals surface area contributed by atoms with Gasteiger partial charge in [0.25, 0.3) is 0 Å². The summed E-state index contributed by atoms with van der Waals surface area (Å²) in [6.45, 7) is 1.81. The van der Waals surface area contributed by atoms with Crippen molar-refractivity contribution in [1.29, 1.82) is 0 Å². The smallest absolute Gasteiger partial charge is 0.131 e. The summed E-state index contributed by atoms with van der Waals surface area (Å²) >= 11 is 10.4. The van der Waals surface area contributed by atoms with Crippen LogP contribution in [0.5, 0.6) is 0 Å². The molecule has 0 aromatic carbocycles. The molecule has 0 fully saturated rings. The van der Waals surface area contributed by atoms with Crippen molar-refractivity contribution in [2.75, 3.05) is 0 Å². The van der Waals surface area contributed by atoms with Crippen molar-refractivity contribution in [2.24, 2.45) is 0 Å². The monoisotopic (exact) mass is 160 g/mol. The van der Waals surface area contributed by atoms with Crippen molar-refractivity contribution >= 4 is 23.8 Å². The second-order valence-corrected chi connectivity index (χ2v) is 2.48. The van der Waals surface area contributed by atoms with Crippen LogP contribution in [-0.4, -0.2) is 9.97 Å². The van der Waals surface area contributed by atoms with Gasteiger partial charge in [-0.2, -0.15) is 0 Å². The normalized spacial score (nSPS) is 9.56. The Morgan fingerprint density at radius 1 is 1.78 bits per heavy atom. The highest BCUT2D eigenvalue weighted by Crippen LogP contribution is 2.02.